The molecule has 0 spiro atoms. The molecule has 4 aromatic carbocycles. The normalized spacial score (nSPS) is 11.9. The van der Waals surface area contributed by atoms with Crippen LogP contribution in [0.1, 0.15) is 33.8 Å². The van der Waals surface area contributed by atoms with Crippen LogP contribution in [0, 0.1) is 0 Å². The van der Waals surface area contributed by atoms with Crippen LogP contribution < -0.4 is 15.0 Å². The molecule has 1 aromatic heterocycles. The first-order valence-electron chi connectivity index (χ1n) is 11.6. The number of carbonyl (C=O) groups excluding carboxylic acids is 1. The van der Waals surface area contributed by atoms with E-state index >= 15 is 0 Å². The molecule has 3 nitrogen and oxygen atoms in total. The molecule has 0 bridgehead atoms. The summed E-state index contributed by atoms with van der Waals surface area (Å²) in [6, 6.07) is 35.7. The van der Waals surface area contributed by atoms with E-state index in [9.17, 15) is 4.79 Å². The molecule has 1 amide bonds. The molecule has 1 heterocycles. The summed E-state index contributed by atoms with van der Waals surface area (Å²) < 4.78 is 2.24. The second kappa shape index (κ2) is 10.6. The molecule has 0 saturated carbocycles. The van der Waals surface area contributed by atoms with Crippen molar-refractivity contribution in [2.75, 3.05) is 5.32 Å². The van der Waals surface area contributed by atoms with Gasteiger partial charge in [-0.05, 0) is 16.7 Å². The van der Waals surface area contributed by atoms with Gasteiger partial charge in [0.1, 0.15) is 0 Å². The maximum absolute atomic E-state index is 12.8. The SMILES string of the molecule is CC(NCc1ccc(-c2ccccc2)cc1)c1ccc2cc(C(=O)Nc3ccccc3[AsH2])sc2c1. The van der Waals surface area contributed by atoms with Crippen LogP contribution in [-0.4, -0.2) is 22.8 Å². The Labute approximate surface area is 218 Å². The second-order valence-electron chi connectivity index (χ2n) is 8.61. The number of hydrogen-bond acceptors (Lipinski definition) is 3. The van der Waals surface area contributed by atoms with Gasteiger partial charge in [0.05, 0.1) is 0 Å². The summed E-state index contributed by atoms with van der Waals surface area (Å²) in [5.41, 5.74) is 5.82. The number of anilines is 1. The summed E-state index contributed by atoms with van der Waals surface area (Å²) in [7, 11) is 0. The summed E-state index contributed by atoms with van der Waals surface area (Å²) in [6.45, 7) is 2.98. The number of rotatable bonds is 7. The number of carbonyl (C=O) groups is 1. The number of nitrogens with one attached hydrogen (secondary N) is 2. The van der Waals surface area contributed by atoms with Crippen LogP contribution in [0.2, 0.25) is 0 Å². The van der Waals surface area contributed by atoms with Crippen molar-refractivity contribution in [1.82, 2.24) is 5.32 Å². The first-order chi connectivity index (χ1) is 17.1. The van der Waals surface area contributed by atoms with Crippen molar-refractivity contribution in [3.63, 3.8) is 0 Å². The maximum atomic E-state index is 12.8. The predicted octanol–water partition coefficient (Wildman–Crippen LogP) is 5.93. The third-order valence-electron chi connectivity index (χ3n) is 6.15. The van der Waals surface area contributed by atoms with Gasteiger partial charge in [0.2, 0.25) is 0 Å². The minimum absolute atomic E-state index is 0.0528. The molecule has 2 N–H and O–H groups in total. The Morgan fingerprint density at radius 1 is 0.857 bits per heavy atom. The minimum atomic E-state index is -0.0528. The van der Waals surface area contributed by atoms with E-state index < -0.39 is 0 Å². The van der Waals surface area contributed by atoms with E-state index in [1.165, 1.54) is 39.1 Å². The molecule has 35 heavy (non-hydrogen) atoms. The molecule has 2 atom stereocenters. The van der Waals surface area contributed by atoms with Crippen LogP contribution in [0.25, 0.3) is 21.2 Å². The van der Waals surface area contributed by atoms with E-state index in [0.717, 1.165) is 31.5 Å². The van der Waals surface area contributed by atoms with Gasteiger partial charge in [-0.2, -0.15) is 0 Å². The first kappa shape index (κ1) is 23.6. The van der Waals surface area contributed by atoms with Crippen LogP contribution in [0.5, 0.6) is 0 Å². The number of benzene rings is 4. The summed E-state index contributed by atoms with van der Waals surface area (Å²) in [6.07, 6.45) is 0. The van der Waals surface area contributed by atoms with Gasteiger partial charge in [-0.3, -0.25) is 0 Å². The zero-order valence-corrected chi connectivity index (χ0v) is 22.7. The molecule has 2 unspecified atom stereocenters. The molecule has 0 aliphatic carbocycles. The fourth-order valence-corrected chi connectivity index (χ4v) is 5.65. The third kappa shape index (κ3) is 5.57. The van der Waals surface area contributed by atoms with Crippen LogP contribution in [0.3, 0.4) is 0 Å². The van der Waals surface area contributed by atoms with Gasteiger partial charge in [0.25, 0.3) is 0 Å². The van der Waals surface area contributed by atoms with E-state index in [-0.39, 0.29) is 11.9 Å². The monoisotopic (exact) mass is 538 g/mol. The molecule has 5 rings (SSSR count). The van der Waals surface area contributed by atoms with Crippen molar-refractivity contribution >= 4 is 54.2 Å². The molecule has 0 radical (unpaired) electrons. The van der Waals surface area contributed by atoms with Crippen LogP contribution in [-0.2, 0) is 6.54 Å². The van der Waals surface area contributed by atoms with Crippen LogP contribution >= 0.6 is 11.3 Å². The topological polar surface area (TPSA) is 41.1 Å². The second-order valence-corrected chi connectivity index (χ2v) is 11.0. The fourth-order valence-electron chi connectivity index (χ4n) is 4.06. The van der Waals surface area contributed by atoms with E-state index in [1.54, 1.807) is 11.3 Å². The van der Waals surface area contributed by atoms with E-state index in [0.29, 0.717) is 0 Å². The Balaban J connectivity index is 1.24. The van der Waals surface area contributed by atoms with Crippen molar-refractivity contribution < 1.29 is 4.79 Å². The van der Waals surface area contributed by atoms with Crippen LogP contribution in [0.4, 0.5) is 5.69 Å². The average Bonchev–Trinajstić information content (AvgIpc) is 3.33. The van der Waals surface area contributed by atoms with Gasteiger partial charge < -0.3 is 0 Å². The number of amides is 1. The van der Waals surface area contributed by atoms with E-state index in [4.69, 9.17) is 0 Å². The molecular formula is C30H27AsN2OS. The van der Waals surface area contributed by atoms with E-state index in [1.807, 2.05) is 36.4 Å². The van der Waals surface area contributed by atoms with Gasteiger partial charge in [0, 0.05) is 0 Å². The number of thiophene rings is 1. The van der Waals surface area contributed by atoms with Gasteiger partial charge in [-0.15, -0.1) is 0 Å². The number of hydrogen-bond donors (Lipinski definition) is 2. The zero-order chi connectivity index (χ0) is 24.2. The Hall–Kier alpha value is -3.17. The van der Waals surface area contributed by atoms with Gasteiger partial charge >= 0.3 is 148 Å². The number of para-hydroxylation sites is 1. The molecule has 0 aliphatic rings. The Kier molecular flexibility index (Phi) is 7.15. The van der Waals surface area contributed by atoms with Crippen LogP contribution in [0.15, 0.2) is 103 Å². The number of fused-ring (bicyclic) bond motifs is 1. The van der Waals surface area contributed by atoms with Crippen molar-refractivity contribution in [3.05, 3.63) is 119 Å². The Bertz CT molecular complexity index is 1460. The van der Waals surface area contributed by atoms with Gasteiger partial charge in [0.15, 0.2) is 0 Å². The standard InChI is InChI=1S/C30H27AsN2OS/c1-20(32-19-21-11-13-23(14-12-21)22-7-3-2-4-8-22)24-15-16-25-18-29(35-28(25)17-24)30(34)33-27-10-6-5-9-26(27)31/h2-18,20,32H,19,31H2,1H3,(H,33,34). The molecule has 0 aliphatic heterocycles. The molecule has 174 valence electrons. The molecular weight excluding hydrogens is 511 g/mol. The van der Waals surface area contributed by atoms with E-state index in [2.05, 4.69) is 84.3 Å². The average molecular weight is 539 g/mol. The van der Waals surface area contributed by atoms with Crippen molar-refractivity contribution in [3.8, 4) is 11.1 Å². The Morgan fingerprint density at radius 2 is 1.57 bits per heavy atom. The molecule has 0 saturated heterocycles. The van der Waals surface area contributed by atoms with Crippen molar-refractivity contribution in [2.45, 2.75) is 19.5 Å². The first-order valence-corrected chi connectivity index (χ1v) is 13.7. The third-order valence-corrected chi connectivity index (χ3v) is 8.30. The quantitative estimate of drug-likeness (QED) is 0.252. The van der Waals surface area contributed by atoms with Gasteiger partial charge in [-0.25, -0.2) is 0 Å². The summed E-state index contributed by atoms with van der Waals surface area (Å²) in [4.78, 5) is 13.6. The summed E-state index contributed by atoms with van der Waals surface area (Å²) in [5.74, 6) is -0.0528. The summed E-state index contributed by atoms with van der Waals surface area (Å²) >= 11 is 3.04. The van der Waals surface area contributed by atoms with Gasteiger partial charge in [-0.1, -0.05) is 54.6 Å². The Morgan fingerprint density at radius 3 is 2.34 bits per heavy atom. The van der Waals surface area contributed by atoms with Crippen molar-refractivity contribution in [1.29, 1.82) is 0 Å². The summed E-state index contributed by atoms with van der Waals surface area (Å²) in [5, 5.41) is 7.79. The molecule has 0 fully saturated rings. The molecule has 5 aromatic rings. The zero-order valence-electron chi connectivity index (χ0n) is 19.5. The van der Waals surface area contributed by atoms with Crippen molar-refractivity contribution in [2.24, 2.45) is 0 Å². The fraction of sp³-hybridized carbons (Fsp3) is 0.100. The molecule has 5 heteroatoms. The predicted molar refractivity (Wildman–Crippen MR) is 152 cm³/mol.